The maximum atomic E-state index is 12.7. The Bertz CT molecular complexity index is 1500. The first kappa shape index (κ1) is 23.5. The summed E-state index contributed by atoms with van der Waals surface area (Å²) in [4.78, 5) is 18.2. The monoisotopic (exact) mass is 520 g/mol. The van der Waals surface area contributed by atoms with Gasteiger partial charge in [0.1, 0.15) is 0 Å². The molecule has 7 nitrogen and oxygen atoms in total. The molecule has 5 rings (SSSR count). The molecule has 0 bridgehead atoms. The fourth-order valence-electron chi connectivity index (χ4n) is 3.72. The fourth-order valence-corrected chi connectivity index (χ4v) is 5.26. The van der Waals surface area contributed by atoms with E-state index in [1.54, 1.807) is 18.1 Å². The zero-order valence-electron chi connectivity index (χ0n) is 18.8. The molecule has 0 saturated heterocycles. The number of benzene rings is 3. The van der Waals surface area contributed by atoms with Gasteiger partial charge in [-0.15, -0.1) is 22.0 Å². The summed E-state index contributed by atoms with van der Waals surface area (Å²) in [5.41, 5.74) is 3.47. The molecule has 10 heteroatoms. The van der Waals surface area contributed by atoms with Crippen LogP contribution >= 0.6 is 35.1 Å². The number of nitrogens with zero attached hydrogens (tertiary/aromatic N) is 5. The Hall–Kier alpha value is -3.27. The van der Waals surface area contributed by atoms with Crippen LogP contribution in [0, 0.1) is 0 Å². The molecule has 2 aromatic heterocycles. The lowest BCUT2D eigenvalue weighted by atomic mass is 10.3. The fraction of sp³-hybridized carbons (Fsp3) is 0.120. The lowest BCUT2D eigenvalue weighted by Crippen LogP contribution is -2.15. The van der Waals surface area contributed by atoms with E-state index in [9.17, 15) is 4.79 Å². The van der Waals surface area contributed by atoms with E-state index in [0.29, 0.717) is 22.5 Å². The molecule has 1 amide bonds. The number of carbonyl (C=O) groups excluding carboxylic acids is 1. The van der Waals surface area contributed by atoms with E-state index < -0.39 is 0 Å². The number of rotatable bonds is 8. The molecule has 0 aliphatic heterocycles. The van der Waals surface area contributed by atoms with Crippen LogP contribution in [0.2, 0.25) is 5.02 Å². The number of anilines is 1. The molecule has 0 spiro atoms. The molecular formula is C25H21ClN6OS2. The zero-order valence-corrected chi connectivity index (χ0v) is 21.1. The predicted octanol–water partition coefficient (Wildman–Crippen LogP) is 5.77. The normalized spacial score (nSPS) is 11.1. The van der Waals surface area contributed by atoms with Crippen LogP contribution in [-0.4, -0.2) is 42.2 Å². The molecule has 2 heterocycles. The van der Waals surface area contributed by atoms with E-state index >= 15 is 0 Å². The Morgan fingerprint density at radius 1 is 1.00 bits per heavy atom. The van der Waals surface area contributed by atoms with E-state index in [-0.39, 0.29) is 11.7 Å². The molecule has 0 saturated carbocycles. The molecule has 0 aliphatic rings. The first-order valence-electron chi connectivity index (χ1n) is 10.8. The standard InChI is InChI=1S/C25H21ClN6OS2/c1-34-22-13-7-4-10-19(22)28-24(33)15-35-25-30-29-23(32(25)20-11-5-2-8-17(20)26)14-31-16-27-18-9-3-6-12-21(18)31/h2-13,16H,14-15H2,1H3,(H,28,33). The molecule has 0 fully saturated rings. The molecule has 1 N–H and O–H groups in total. The molecule has 35 heavy (non-hydrogen) atoms. The van der Waals surface area contributed by atoms with Gasteiger partial charge in [-0.3, -0.25) is 9.36 Å². The van der Waals surface area contributed by atoms with Crippen LogP contribution in [0.5, 0.6) is 0 Å². The quantitative estimate of drug-likeness (QED) is 0.262. The van der Waals surface area contributed by atoms with Gasteiger partial charge in [0.15, 0.2) is 11.0 Å². The van der Waals surface area contributed by atoms with Gasteiger partial charge in [0.25, 0.3) is 0 Å². The van der Waals surface area contributed by atoms with Crippen molar-refractivity contribution in [3.63, 3.8) is 0 Å². The number of imidazole rings is 1. The van der Waals surface area contributed by atoms with Crippen LogP contribution in [0.15, 0.2) is 89.2 Å². The number of hydrogen-bond donors (Lipinski definition) is 1. The van der Waals surface area contributed by atoms with Gasteiger partial charge < -0.3 is 9.88 Å². The van der Waals surface area contributed by atoms with E-state index in [0.717, 1.165) is 27.3 Å². The molecule has 3 aromatic carbocycles. The summed E-state index contributed by atoms with van der Waals surface area (Å²) in [6, 6.07) is 23.2. The van der Waals surface area contributed by atoms with E-state index in [4.69, 9.17) is 11.6 Å². The first-order chi connectivity index (χ1) is 17.1. The summed E-state index contributed by atoms with van der Waals surface area (Å²) < 4.78 is 3.93. The van der Waals surface area contributed by atoms with Gasteiger partial charge in [0.05, 0.1) is 46.1 Å². The Balaban J connectivity index is 1.42. The van der Waals surface area contributed by atoms with E-state index in [1.165, 1.54) is 11.8 Å². The van der Waals surface area contributed by atoms with Gasteiger partial charge in [-0.1, -0.05) is 59.8 Å². The number of hydrogen-bond acceptors (Lipinski definition) is 6. The number of aromatic nitrogens is 5. The van der Waals surface area contributed by atoms with Crippen LogP contribution in [0.25, 0.3) is 16.7 Å². The third-order valence-electron chi connectivity index (χ3n) is 5.35. The van der Waals surface area contributed by atoms with Crippen molar-refractivity contribution in [3.05, 3.63) is 90.0 Å². The summed E-state index contributed by atoms with van der Waals surface area (Å²) in [5, 5.41) is 13.0. The topological polar surface area (TPSA) is 77.6 Å². The van der Waals surface area contributed by atoms with E-state index in [2.05, 4.69) is 20.5 Å². The van der Waals surface area contributed by atoms with Gasteiger partial charge in [0, 0.05) is 4.90 Å². The molecule has 0 radical (unpaired) electrons. The molecule has 0 unspecified atom stereocenters. The van der Waals surface area contributed by atoms with Crippen molar-refractivity contribution in [2.24, 2.45) is 0 Å². The average molecular weight is 521 g/mol. The van der Waals surface area contributed by atoms with Crippen LogP contribution < -0.4 is 5.32 Å². The van der Waals surface area contributed by atoms with Crippen molar-refractivity contribution in [1.82, 2.24) is 24.3 Å². The number of amides is 1. The molecule has 0 atom stereocenters. The van der Waals surface area contributed by atoms with E-state index in [1.807, 2.05) is 88.2 Å². The molecule has 5 aromatic rings. The van der Waals surface area contributed by atoms with Crippen molar-refractivity contribution in [2.75, 3.05) is 17.3 Å². The highest BCUT2D eigenvalue weighted by Gasteiger charge is 2.19. The Morgan fingerprint density at radius 3 is 2.63 bits per heavy atom. The van der Waals surface area contributed by atoms with Crippen LogP contribution in [0.3, 0.4) is 0 Å². The molecule has 176 valence electrons. The third-order valence-corrected chi connectivity index (χ3v) is 7.39. The predicted molar refractivity (Wildman–Crippen MR) is 143 cm³/mol. The third kappa shape index (κ3) is 5.07. The van der Waals surface area contributed by atoms with Crippen LogP contribution in [0.4, 0.5) is 5.69 Å². The Morgan fingerprint density at radius 2 is 1.77 bits per heavy atom. The lowest BCUT2D eigenvalue weighted by Gasteiger charge is -2.13. The summed E-state index contributed by atoms with van der Waals surface area (Å²) in [5.74, 6) is 0.753. The highest BCUT2D eigenvalue weighted by Crippen LogP contribution is 2.29. The molecular weight excluding hydrogens is 500 g/mol. The van der Waals surface area contributed by atoms with Gasteiger partial charge in [-0.2, -0.15) is 0 Å². The van der Waals surface area contributed by atoms with Gasteiger partial charge >= 0.3 is 0 Å². The lowest BCUT2D eigenvalue weighted by molar-refractivity contribution is -0.113. The van der Waals surface area contributed by atoms with Crippen LogP contribution in [-0.2, 0) is 11.3 Å². The van der Waals surface area contributed by atoms with Gasteiger partial charge in [0.2, 0.25) is 5.91 Å². The summed E-state index contributed by atoms with van der Waals surface area (Å²) in [7, 11) is 0. The largest absolute Gasteiger partial charge is 0.324 e. The number of thioether (sulfide) groups is 2. The highest BCUT2D eigenvalue weighted by atomic mass is 35.5. The molecule has 0 aliphatic carbocycles. The number of halogens is 1. The van der Waals surface area contributed by atoms with Crippen molar-refractivity contribution in [1.29, 1.82) is 0 Å². The van der Waals surface area contributed by atoms with Crippen LogP contribution in [0.1, 0.15) is 5.82 Å². The number of carbonyl (C=O) groups is 1. The second-order valence-corrected chi connectivity index (χ2v) is 9.78. The van der Waals surface area contributed by atoms with Crippen molar-refractivity contribution >= 4 is 57.8 Å². The van der Waals surface area contributed by atoms with Crippen molar-refractivity contribution < 1.29 is 4.79 Å². The smallest absolute Gasteiger partial charge is 0.234 e. The first-order valence-corrected chi connectivity index (χ1v) is 13.4. The van der Waals surface area contributed by atoms with Gasteiger partial charge in [-0.05, 0) is 42.7 Å². The maximum Gasteiger partial charge on any atom is 0.234 e. The number of para-hydroxylation sites is 4. The van der Waals surface area contributed by atoms with Crippen molar-refractivity contribution in [2.45, 2.75) is 16.6 Å². The SMILES string of the molecule is CSc1ccccc1NC(=O)CSc1nnc(Cn2cnc3ccccc32)n1-c1ccccc1Cl. The number of fused-ring (bicyclic) bond motifs is 1. The Kier molecular flexibility index (Phi) is 7.08. The zero-order chi connectivity index (χ0) is 24.2. The second-order valence-electron chi connectivity index (χ2n) is 7.58. The Labute approximate surface area is 215 Å². The summed E-state index contributed by atoms with van der Waals surface area (Å²) >= 11 is 9.46. The summed E-state index contributed by atoms with van der Waals surface area (Å²) in [6.45, 7) is 0.451. The number of nitrogens with one attached hydrogen (secondary N) is 1. The minimum absolute atomic E-state index is 0.118. The highest BCUT2D eigenvalue weighted by molar-refractivity contribution is 7.99. The van der Waals surface area contributed by atoms with Gasteiger partial charge in [-0.25, -0.2) is 4.98 Å². The van der Waals surface area contributed by atoms with Crippen molar-refractivity contribution in [3.8, 4) is 5.69 Å². The maximum absolute atomic E-state index is 12.7. The average Bonchev–Trinajstić information content (AvgIpc) is 3.48. The minimum atomic E-state index is -0.118. The summed E-state index contributed by atoms with van der Waals surface area (Å²) in [6.07, 6.45) is 3.77. The second kappa shape index (κ2) is 10.6. The minimum Gasteiger partial charge on any atom is -0.324 e.